The molecule has 70 valence electrons. The zero-order valence-corrected chi connectivity index (χ0v) is 8.33. The minimum Gasteiger partial charge on any atom is -0.356 e. The highest BCUT2D eigenvalue weighted by Gasteiger charge is 2.19. The van der Waals surface area contributed by atoms with Gasteiger partial charge in [0, 0.05) is 19.2 Å². The first-order valence-electron chi connectivity index (χ1n) is 4.48. The second kappa shape index (κ2) is 3.50. The van der Waals surface area contributed by atoms with Gasteiger partial charge in [0.15, 0.2) is 0 Å². The van der Waals surface area contributed by atoms with Crippen molar-refractivity contribution in [2.75, 3.05) is 18.0 Å². The van der Waals surface area contributed by atoms with Gasteiger partial charge in [0.1, 0.15) is 17.3 Å². The fourth-order valence-electron chi connectivity index (χ4n) is 1.64. The van der Waals surface area contributed by atoms with Crippen LogP contribution in [0.3, 0.4) is 0 Å². The van der Waals surface area contributed by atoms with Crippen LogP contribution in [0.2, 0.25) is 5.15 Å². The lowest BCUT2D eigenvalue weighted by molar-refractivity contribution is 0.659. The molecule has 1 aromatic rings. The summed E-state index contributed by atoms with van der Waals surface area (Å²) in [5, 5.41) is 0.518. The van der Waals surface area contributed by atoms with Gasteiger partial charge in [-0.2, -0.15) is 0 Å². The van der Waals surface area contributed by atoms with Crippen molar-refractivity contribution in [3.8, 4) is 0 Å². The van der Waals surface area contributed by atoms with Crippen LogP contribution >= 0.6 is 11.6 Å². The van der Waals surface area contributed by atoms with Crippen molar-refractivity contribution in [3.05, 3.63) is 17.5 Å². The Labute approximate surface area is 82.8 Å². The zero-order chi connectivity index (χ0) is 9.26. The van der Waals surface area contributed by atoms with E-state index < -0.39 is 0 Å². The smallest absolute Gasteiger partial charge is 0.134 e. The molecule has 0 aliphatic carbocycles. The van der Waals surface area contributed by atoms with E-state index in [-0.39, 0.29) is 0 Å². The van der Waals surface area contributed by atoms with E-state index in [1.165, 1.54) is 12.7 Å². The number of nitrogens with zero attached hydrogens (tertiary/aromatic N) is 3. The molecule has 0 aromatic carbocycles. The van der Waals surface area contributed by atoms with E-state index in [0.717, 1.165) is 24.8 Å². The summed E-state index contributed by atoms with van der Waals surface area (Å²) in [7, 11) is 0. The number of hydrogen-bond donors (Lipinski definition) is 0. The maximum absolute atomic E-state index is 5.78. The van der Waals surface area contributed by atoms with E-state index in [1.807, 2.05) is 6.07 Å². The first-order chi connectivity index (χ1) is 6.25. The minimum absolute atomic E-state index is 0.518. The maximum atomic E-state index is 5.78. The summed E-state index contributed by atoms with van der Waals surface area (Å²) < 4.78 is 0. The maximum Gasteiger partial charge on any atom is 0.134 e. The summed E-state index contributed by atoms with van der Waals surface area (Å²) in [6.07, 6.45) is 2.75. The van der Waals surface area contributed by atoms with Crippen LogP contribution in [0.5, 0.6) is 0 Å². The lowest BCUT2D eigenvalue weighted by Crippen LogP contribution is -2.20. The fourth-order valence-corrected chi connectivity index (χ4v) is 1.78. The van der Waals surface area contributed by atoms with Gasteiger partial charge in [-0.05, 0) is 12.3 Å². The Kier molecular flexibility index (Phi) is 2.36. The summed E-state index contributed by atoms with van der Waals surface area (Å²) in [5.41, 5.74) is 0. The monoisotopic (exact) mass is 197 g/mol. The average molecular weight is 198 g/mol. The lowest BCUT2D eigenvalue weighted by Gasteiger charge is -2.16. The van der Waals surface area contributed by atoms with E-state index in [4.69, 9.17) is 11.6 Å². The molecule has 4 heteroatoms. The molecule has 2 rings (SSSR count). The fraction of sp³-hybridized carbons (Fsp3) is 0.556. The van der Waals surface area contributed by atoms with Gasteiger partial charge in [0.2, 0.25) is 0 Å². The van der Waals surface area contributed by atoms with Gasteiger partial charge >= 0.3 is 0 Å². The molecule has 0 radical (unpaired) electrons. The molecule has 1 atom stereocenters. The van der Waals surface area contributed by atoms with Gasteiger partial charge in [-0.15, -0.1) is 0 Å². The van der Waals surface area contributed by atoms with Crippen LogP contribution in [-0.4, -0.2) is 23.1 Å². The lowest BCUT2D eigenvalue weighted by atomic mass is 10.2. The van der Waals surface area contributed by atoms with Crippen LogP contribution < -0.4 is 4.90 Å². The Morgan fingerprint density at radius 2 is 2.38 bits per heavy atom. The van der Waals surface area contributed by atoms with Gasteiger partial charge < -0.3 is 4.90 Å². The first-order valence-corrected chi connectivity index (χ1v) is 4.86. The van der Waals surface area contributed by atoms with Crippen molar-refractivity contribution in [2.24, 2.45) is 5.92 Å². The second-order valence-electron chi connectivity index (χ2n) is 3.54. The first kappa shape index (κ1) is 8.75. The molecule has 3 nitrogen and oxygen atoms in total. The quantitative estimate of drug-likeness (QED) is 0.645. The number of hydrogen-bond acceptors (Lipinski definition) is 3. The Bertz CT molecular complexity index is 303. The molecular formula is C9H12ClN3. The molecule has 0 unspecified atom stereocenters. The summed E-state index contributed by atoms with van der Waals surface area (Å²) in [6, 6.07) is 1.82. The molecule has 0 saturated carbocycles. The van der Waals surface area contributed by atoms with E-state index >= 15 is 0 Å². The normalized spacial score (nSPS) is 22.3. The van der Waals surface area contributed by atoms with E-state index in [2.05, 4.69) is 21.8 Å². The molecule has 0 amide bonds. The van der Waals surface area contributed by atoms with Crippen molar-refractivity contribution in [2.45, 2.75) is 13.3 Å². The average Bonchev–Trinajstić information content (AvgIpc) is 2.52. The summed E-state index contributed by atoms with van der Waals surface area (Å²) >= 11 is 5.78. The van der Waals surface area contributed by atoms with Crippen LogP contribution in [0.1, 0.15) is 13.3 Å². The van der Waals surface area contributed by atoms with Crippen molar-refractivity contribution >= 4 is 17.4 Å². The van der Waals surface area contributed by atoms with Crippen molar-refractivity contribution in [1.29, 1.82) is 0 Å². The molecule has 1 aliphatic heterocycles. The van der Waals surface area contributed by atoms with E-state index in [9.17, 15) is 0 Å². The molecular weight excluding hydrogens is 186 g/mol. The molecule has 0 bridgehead atoms. The summed E-state index contributed by atoms with van der Waals surface area (Å²) in [5.74, 6) is 1.71. The van der Waals surface area contributed by atoms with Gasteiger partial charge in [-0.3, -0.25) is 0 Å². The third kappa shape index (κ3) is 1.91. The Hall–Kier alpha value is -0.830. The molecule has 1 aliphatic rings. The van der Waals surface area contributed by atoms with Crippen LogP contribution in [0.15, 0.2) is 12.4 Å². The second-order valence-corrected chi connectivity index (χ2v) is 3.93. The molecule has 0 spiro atoms. The van der Waals surface area contributed by atoms with Crippen molar-refractivity contribution < 1.29 is 0 Å². The molecule has 1 saturated heterocycles. The Morgan fingerprint density at radius 3 is 3.00 bits per heavy atom. The number of aromatic nitrogens is 2. The zero-order valence-electron chi connectivity index (χ0n) is 7.57. The number of halogens is 1. The van der Waals surface area contributed by atoms with Gasteiger partial charge in [0.05, 0.1) is 0 Å². The van der Waals surface area contributed by atoms with E-state index in [1.54, 1.807) is 0 Å². The Morgan fingerprint density at radius 1 is 1.54 bits per heavy atom. The highest BCUT2D eigenvalue weighted by atomic mass is 35.5. The van der Waals surface area contributed by atoms with Crippen LogP contribution in [-0.2, 0) is 0 Å². The molecule has 13 heavy (non-hydrogen) atoms. The van der Waals surface area contributed by atoms with Crippen LogP contribution in [0.4, 0.5) is 5.82 Å². The SMILES string of the molecule is C[C@H]1CCN(c2cc(Cl)ncn2)C1. The minimum atomic E-state index is 0.518. The van der Waals surface area contributed by atoms with Gasteiger partial charge in [-0.1, -0.05) is 18.5 Å². The highest BCUT2D eigenvalue weighted by Crippen LogP contribution is 2.22. The molecule has 1 aromatic heterocycles. The van der Waals surface area contributed by atoms with Gasteiger partial charge in [-0.25, -0.2) is 9.97 Å². The summed E-state index contributed by atoms with van der Waals surface area (Å²) in [4.78, 5) is 10.3. The standard InChI is InChI=1S/C9H12ClN3/c1-7-2-3-13(5-7)9-4-8(10)11-6-12-9/h4,6-7H,2-3,5H2,1H3/t7-/m0/s1. The van der Waals surface area contributed by atoms with Gasteiger partial charge in [0.25, 0.3) is 0 Å². The van der Waals surface area contributed by atoms with Crippen LogP contribution in [0, 0.1) is 5.92 Å². The number of anilines is 1. The van der Waals surface area contributed by atoms with Crippen molar-refractivity contribution in [3.63, 3.8) is 0 Å². The molecule has 0 N–H and O–H groups in total. The highest BCUT2D eigenvalue weighted by molar-refractivity contribution is 6.29. The molecule has 2 heterocycles. The predicted octanol–water partition coefficient (Wildman–Crippen LogP) is 1.98. The third-order valence-corrected chi connectivity index (χ3v) is 2.57. The largest absolute Gasteiger partial charge is 0.356 e. The predicted molar refractivity (Wildman–Crippen MR) is 53.0 cm³/mol. The summed E-state index contributed by atoms with van der Waals surface area (Å²) in [6.45, 7) is 4.41. The van der Waals surface area contributed by atoms with E-state index in [0.29, 0.717) is 5.15 Å². The Balaban J connectivity index is 2.16. The molecule has 1 fully saturated rings. The number of rotatable bonds is 1. The topological polar surface area (TPSA) is 29.0 Å². The van der Waals surface area contributed by atoms with Crippen molar-refractivity contribution in [1.82, 2.24) is 9.97 Å². The van der Waals surface area contributed by atoms with Crippen LogP contribution in [0.25, 0.3) is 0 Å². The third-order valence-electron chi connectivity index (χ3n) is 2.37.